The highest BCUT2D eigenvalue weighted by molar-refractivity contribution is 5.88. The smallest absolute Gasteiger partial charge is 0.243 e. The molecule has 4 nitrogen and oxygen atoms in total. The van der Waals surface area contributed by atoms with Gasteiger partial charge in [0.25, 0.3) is 0 Å². The van der Waals surface area contributed by atoms with E-state index in [2.05, 4.69) is 5.32 Å². The largest absolute Gasteiger partial charge is 0.352 e. The number of benzene rings is 2. The van der Waals surface area contributed by atoms with Crippen LogP contribution in [0.3, 0.4) is 0 Å². The van der Waals surface area contributed by atoms with Crippen LogP contribution < -0.4 is 5.32 Å². The summed E-state index contributed by atoms with van der Waals surface area (Å²) in [7, 11) is 0. The molecule has 0 unspecified atom stereocenters. The van der Waals surface area contributed by atoms with Gasteiger partial charge in [-0.1, -0.05) is 74.0 Å². The molecule has 2 aromatic carbocycles. The van der Waals surface area contributed by atoms with Crippen molar-refractivity contribution in [3.63, 3.8) is 0 Å². The van der Waals surface area contributed by atoms with Gasteiger partial charge in [0.15, 0.2) is 0 Å². The molecule has 0 saturated heterocycles. The van der Waals surface area contributed by atoms with E-state index in [4.69, 9.17) is 0 Å². The number of hydrogen-bond donors (Lipinski definition) is 1. The maximum Gasteiger partial charge on any atom is 0.243 e. The summed E-state index contributed by atoms with van der Waals surface area (Å²) in [6.45, 7) is 8.34. The lowest BCUT2D eigenvalue weighted by Crippen LogP contribution is -2.52. The predicted molar refractivity (Wildman–Crippen MR) is 114 cm³/mol. The van der Waals surface area contributed by atoms with Crippen molar-refractivity contribution in [1.82, 2.24) is 10.2 Å². The first-order chi connectivity index (χ1) is 13.4. The molecule has 2 rings (SSSR count). The molecule has 0 aromatic heterocycles. The van der Waals surface area contributed by atoms with Gasteiger partial charge in [-0.15, -0.1) is 0 Å². The first-order valence-electron chi connectivity index (χ1n) is 10.1. The van der Waals surface area contributed by atoms with Crippen molar-refractivity contribution in [2.75, 3.05) is 0 Å². The molecule has 4 heteroatoms. The average Bonchev–Trinajstić information content (AvgIpc) is 2.71. The summed E-state index contributed by atoms with van der Waals surface area (Å²) >= 11 is 0. The van der Waals surface area contributed by atoms with E-state index in [9.17, 15) is 9.59 Å². The molecule has 150 valence electrons. The lowest BCUT2D eigenvalue weighted by Gasteiger charge is -2.32. The fourth-order valence-electron chi connectivity index (χ4n) is 3.09. The fraction of sp³-hybridized carbons (Fsp3) is 0.417. The second kappa shape index (κ2) is 10.6. The Morgan fingerprint density at radius 3 is 2.18 bits per heavy atom. The Morgan fingerprint density at radius 2 is 1.61 bits per heavy atom. The Morgan fingerprint density at radius 1 is 0.964 bits per heavy atom. The zero-order chi connectivity index (χ0) is 20.5. The summed E-state index contributed by atoms with van der Waals surface area (Å²) in [6, 6.07) is 17.6. The average molecular weight is 381 g/mol. The van der Waals surface area contributed by atoms with Gasteiger partial charge >= 0.3 is 0 Å². The van der Waals surface area contributed by atoms with Crippen LogP contribution in [0.4, 0.5) is 0 Å². The maximum absolute atomic E-state index is 13.1. The molecule has 0 aliphatic rings. The molecule has 0 saturated carbocycles. The summed E-state index contributed by atoms with van der Waals surface area (Å²) in [5.41, 5.74) is 3.25. The monoisotopic (exact) mass is 380 g/mol. The van der Waals surface area contributed by atoms with E-state index in [-0.39, 0.29) is 17.9 Å². The predicted octanol–water partition coefficient (Wildman–Crippen LogP) is 4.26. The van der Waals surface area contributed by atoms with Gasteiger partial charge in [0.1, 0.15) is 6.04 Å². The number of carbonyl (C=O) groups excluding carboxylic acids is 2. The van der Waals surface area contributed by atoms with Crippen LogP contribution in [0.2, 0.25) is 0 Å². The Kier molecular flexibility index (Phi) is 8.24. The third-order valence-electron chi connectivity index (χ3n) is 5.05. The highest BCUT2D eigenvalue weighted by Crippen LogP contribution is 2.16. The SMILES string of the molecule is CCC(=O)N(Cc1ccc(C)cc1)[C@H](Cc1ccccc1)C(=O)N[C@@H](C)CC. The zero-order valence-electron chi connectivity index (χ0n) is 17.4. The summed E-state index contributed by atoms with van der Waals surface area (Å²) in [4.78, 5) is 27.7. The Labute approximate surface area is 169 Å². The second-order valence-electron chi connectivity index (χ2n) is 7.38. The first-order valence-corrected chi connectivity index (χ1v) is 10.1. The van der Waals surface area contributed by atoms with Crippen LogP contribution in [0.15, 0.2) is 54.6 Å². The van der Waals surface area contributed by atoms with Crippen LogP contribution in [0.5, 0.6) is 0 Å². The van der Waals surface area contributed by atoms with E-state index in [0.717, 1.165) is 17.5 Å². The molecule has 2 aromatic rings. The molecule has 0 aliphatic carbocycles. The molecule has 0 fully saturated rings. The molecule has 0 aliphatic heterocycles. The van der Waals surface area contributed by atoms with Crippen LogP contribution in [0.25, 0.3) is 0 Å². The van der Waals surface area contributed by atoms with Gasteiger partial charge in [-0.25, -0.2) is 0 Å². The molecule has 28 heavy (non-hydrogen) atoms. The summed E-state index contributed by atoms with van der Waals surface area (Å²) in [6.07, 6.45) is 1.72. The number of nitrogens with one attached hydrogen (secondary N) is 1. The third-order valence-corrected chi connectivity index (χ3v) is 5.05. The normalized spacial score (nSPS) is 12.9. The van der Waals surface area contributed by atoms with Gasteiger partial charge in [0.2, 0.25) is 11.8 Å². The van der Waals surface area contributed by atoms with E-state index >= 15 is 0 Å². The minimum atomic E-state index is -0.537. The van der Waals surface area contributed by atoms with E-state index in [1.54, 1.807) is 4.90 Å². The minimum Gasteiger partial charge on any atom is -0.352 e. The molecule has 2 atom stereocenters. The first kappa shape index (κ1) is 21.7. The van der Waals surface area contributed by atoms with Crippen molar-refractivity contribution in [2.45, 2.75) is 65.6 Å². The van der Waals surface area contributed by atoms with Crippen molar-refractivity contribution in [3.05, 3.63) is 71.3 Å². The van der Waals surface area contributed by atoms with E-state index in [1.165, 1.54) is 5.56 Å². The van der Waals surface area contributed by atoms with E-state index in [0.29, 0.717) is 19.4 Å². The van der Waals surface area contributed by atoms with E-state index < -0.39 is 6.04 Å². The van der Waals surface area contributed by atoms with Crippen LogP contribution >= 0.6 is 0 Å². The third kappa shape index (κ3) is 6.22. The Bertz CT molecular complexity index is 756. The quantitative estimate of drug-likeness (QED) is 0.707. The van der Waals surface area contributed by atoms with Gasteiger partial charge < -0.3 is 10.2 Å². The van der Waals surface area contributed by atoms with Gasteiger partial charge in [-0.3, -0.25) is 9.59 Å². The Hall–Kier alpha value is -2.62. The highest BCUT2D eigenvalue weighted by atomic mass is 16.2. The molecule has 2 amide bonds. The molecular formula is C24H32N2O2. The van der Waals surface area contributed by atoms with Gasteiger partial charge in [0.05, 0.1) is 0 Å². The summed E-state index contributed by atoms with van der Waals surface area (Å²) < 4.78 is 0. The molecule has 0 radical (unpaired) electrons. The van der Waals surface area contributed by atoms with Crippen molar-refractivity contribution in [3.8, 4) is 0 Å². The van der Waals surface area contributed by atoms with Crippen molar-refractivity contribution >= 4 is 11.8 Å². The lowest BCUT2D eigenvalue weighted by molar-refractivity contribution is -0.141. The van der Waals surface area contributed by atoms with Crippen molar-refractivity contribution in [2.24, 2.45) is 0 Å². The van der Waals surface area contributed by atoms with Crippen LogP contribution in [-0.2, 0) is 22.6 Å². The number of amides is 2. The summed E-state index contributed by atoms with van der Waals surface area (Å²) in [5, 5.41) is 3.07. The lowest BCUT2D eigenvalue weighted by atomic mass is 10.0. The Balaban J connectivity index is 2.33. The van der Waals surface area contributed by atoms with Crippen molar-refractivity contribution < 1.29 is 9.59 Å². The highest BCUT2D eigenvalue weighted by Gasteiger charge is 2.30. The minimum absolute atomic E-state index is 0.0131. The molecular weight excluding hydrogens is 348 g/mol. The number of rotatable bonds is 9. The number of aryl methyl sites for hydroxylation is 1. The van der Waals surface area contributed by atoms with Crippen molar-refractivity contribution in [1.29, 1.82) is 0 Å². The molecule has 1 N–H and O–H groups in total. The standard InChI is InChI=1S/C24H32N2O2/c1-5-19(4)25-24(28)22(16-20-10-8-7-9-11-20)26(23(27)6-2)17-21-14-12-18(3)13-15-21/h7-15,19,22H,5-6,16-17H2,1-4H3,(H,25,28)/t19-,22+/m0/s1. The number of hydrogen-bond acceptors (Lipinski definition) is 2. The molecule has 0 heterocycles. The van der Waals surface area contributed by atoms with Crippen LogP contribution in [0.1, 0.15) is 50.3 Å². The zero-order valence-corrected chi connectivity index (χ0v) is 17.4. The fourth-order valence-corrected chi connectivity index (χ4v) is 3.09. The van der Waals surface area contributed by atoms with E-state index in [1.807, 2.05) is 82.3 Å². The van der Waals surface area contributed by atoms with Crippen LogP contribution in [0, 0.1) is 6.92 Å². The van der Waals surface area contributed by atoms with Gasteiger partial charge in [0, 0.05) is 25.4 Å². The van der Waals surface area contributed by atoms with Crippen LogP contribution in [-0.4, -0.2) is 28.8 Å². The second-order valence-corrected chi connectivity index (χ2v) is 7.38. The molecule has 0 spiro atoms. The number of nitrogens with zero attached hydrogens (tertiary/aromatic N) is 1. The van der Waals surface area contributed by atoms with Gasteiger partial charge in [-0.2, -0.15) is 0 Å². The number of carbonyl (C=O) groups is 2. The maximum atomic E-state index is 13.1. The topological polar surface area (TPSA) is 49.4 Å². The molecule has 0 bridgehead atoms. The summed E-state index contributed by atoms with van der Waals surface area (Å²) in [5.74, 6) is -0.104. The van der Waals surface area contributed by atoms with Gasteiger partial charge in [-0.05, 0) is 31.4 Å².